The highest BCUT2D eigenvalue weighted by Gasteiger charge is 2.20. The van der Waals surface area contributed by atoms with Gasteiger partial charge in [0.1, 0.15) is 0 Å². The van der Waals surface area contributed by atoms with E-state index in [-0.39, 0.29) is 0 Å². The summed E-state index contributed by atoms with van der Waals surface area (Å²) in [6.45, 7) is 8.22. The molecule has 0 bridgehead atoms. The Balaban J connectivity index is 2.25. The average Bonchev–Trinajstić information content (AvgIpc) is 2.01. The first-order valence-corrected chi connectivity index (χ1v) is 5.66. The van der Waals surface area contributed by atoms with Gasteiger partial charge in [0.2, 0.25) is 0 Å². The van der Waals surface area contributed by atoms with Crippen molar-refractivity contribution < 1.29 is 0 Å². The second kappa shape index (κ2) is 5.52. The molecule has 2 N–H and O–H groups in total. The van der Waals surface area contributed by atoms with E-state index < -0.39 is 0 Å². The summed E-state index contributed by atoms with van der Waals surface area (Å²) < 4.78 is 0. The van der Waals surface area contributed by atoms with Crippen molar-refractivity contribution in [1.29, 1.82) is 0 Å². The van der Waals surface area contributed by atoms with Crippen LogP contribution >= 0.6 is 0 Å². The van der Waals surface area contributed by atoms with Crippen molar-refractivity contribution in [3.05, 3.63) is 12.2 Å². The standard InChI is InChI=1S/C12H24N2/c1-10(2)8-14(3)9-11-5-4-6-12(13)7-11/h11-12H,1,4-9,13H2,2-3H3. The zero-order chi connectivity index (χ0) is 10.6. The van der Waals surface area contributed by atoms with E-state index in [9.17, 15) is 0 Å². The molecule has 0 saturated heterocycles. The Morgan fingerprint density at radius 1 is 1.50 bits per heavy atom. The molecule has 2 atom stereocenters. The number of hydrogen-bond acceptors (Lipinski definition) is 2. The predicted octanol–water partition coefficient (Wildman–Crippen LogP) is 2.01. The summed E-state index contributed by atoms with van der Waals surface area (Å²) in [4.78, 5) is 2.37. The first-order valence-electron chi connectivity index (χ1n) is 5.66. The molecule has 1 saturated carbocycles. The van der Waals surface area contributed by atoms with Crippen LogP contribution < -0.4 is 5.73 Å². The Bertz CT molecular complexity index is 189. The number of nitrogens with zero attached hydrogens (tertiary/aromatic N) is 1. The van der Waals surface area contributed by atoms with Gasteiger partial charge < -0.3 is 10.6 Å². The van der Waals surface area contributed by atoms with Gasteiger partial charge >= 0.3 is 0 Å². The Labute approximate surface area is 88.2 Å². The van der Waals surface area contributed by atoms with Crippen molar-refractivity contribution >= 4 is 0 Å². The highest BCUT2D eigenvalue weighted by molar-refractivity contribution is 4.91. The van der Waals surface area contributed by atoms with E-state index >= 15 is 0 Å². The van der Waals surface area contributed by atoms with Gasteiger partial charge in [0.05, 0.1) is 0 Å². The molecule has 1 aliphatic carbocycles. The van der Waals surface area contributed by atoms with Gasteiger partial charge in [-0.05, 0) is 39.2 Å². The Morgan fingerprint density at radius 2 is 2.21 bits per heavy atom. The number of hydrogen-bond donors (Lipinski definition) is 1. The van der Waals surface area contributed by atoms with E-state index in [1.165, 1.54) is 37.8 Å². The molecule has 0 spiro atoms. The molecule has 82 valence electrons. The molecule has 0 aromatic carbocycles. The monoisotopic (exact) mass is 196 g/mol. The third-order valence-corrected chi connectivity index (χ3v) is 2.93. The predicted molar refractivity (Wildman–Crippen MR) is 62.2 cm³/mol. The van der Waals surface area contributed by atoms with Crippen LogP contribution in [0.15, 0.2) is 12.2 Å². The molecule has 2 unspecified atom stereocenters. The van der Waals surface area contributed by atoms with Crippen LogP contribution in [0.5, 0.6) is 0 Å². The van der Waals surface area contributed by atoms with Crippen molar-refractivity contribution in [2.45, 2.75) is 38.6 Å². The lowest BCUT2D eigenvalue weighted by Crippen LogP contribution is -2.34. The molecular formula is C12H24N2. The lowest BCUT2D eigenvalue weighted by molar-refractivity contribution is 0.232. The summed E-state index contributed by atoms with van der Waals surface area (Å²) >= 11 is 0. The van der Waals surface area contributed by atoms with Crippen LogP contribution in [0, 0.1) is 5.92 Å². The topological polar surface area (TPSA) is 29.3 Å². The smallest absolute Gasteiger partial charge is 0.0184 e. The first-order chi connectivity index (χ1) is 6.58. The third-order valence-electron chi connectivity index (χ3n) is 2.93. The van der Waals surface area contributed by atoms with Gasteiger partial charge in [-0.3, -0.25) is 0 Å². The van der Waals surface area contributed by atoms with Gasteiger partial charge in [-0.15, -0.1) is 0 Å². The van der Waals surface area contributed by atoms with Gasteiger partial charge in [0.25, 0.3) is 0 Å². The normalized spacial score (nSPS) is 28.0. The lowest BCUT2D eigenvalue weighted by Gasteiger charge is -2.30. The quantitative estimate of drug-likeness (QED) is 0.697. The number of nitrogens with two attached hydrogens (primary N) is 1. The van der Waals surface area contributed by atoms with Crippen molar-refractivity contribution in [3.8, 4) is 0 Å². The average molecular weight is 196 g/mol. The van der Waals surface area contributed by atoms with Gasteiger partial charge in [-0.1, -0.05) is 18.6 Å². The summed E-state index contributed by atoms with van der Waals surface area (Å²) in [7, 11) is 2.18. The Hall–Kier alpha value is -0.340. The van der Waals surface area contributed by atoms with Crippen molar-refractivity contribution in [1.82, 2.24) is 4.90 Å². The third kappa shape index (κ3) is 4.25. The van der Waals surface area contributed by atoms with Crippen molar-refractivity contribution in [3.63, 3.8) is 0 Å². The minimum atomic E-state index is 0.451. The maximum atomic E-state index is 5.97. The summed E-state index contributed by atoms with van der Waals surface area (Å²) in [6, 6.07) is 0.451. The molecule has 0 aliphatic heterocycles. The Morgan fingerprint density at radius 3 is 2.79 bits per heavy atom. The van der Waals surface area contributed by atoms with Crippen molar-refractivity contribution in [2.24, 2.45) is 11.7 Å². The fourth-order valence-corrected chi connectivity index (χ4v) is 2.46. The summed E-state index contributed by atoms with van der Waals surface area (Å²) in [6.07, 6.45) is 5.10. The summed E-state index contributed by atoms with van der Waals surface area (Å²) in [5.41, 5.74) is 7.21. The fourth-order valence-electron chi connectivity index (χ4n) is 2.46. The molecule has 0 aromatic rings. The lowest BCUT2D eigenvalue weighted by atomic mass is 9.86. The number of rotatable bonds is 4. The van der Waals surface area contributed by atoms with E-state index in [2.05, 4.69) is 25.5 Å². The van der Waals surface area contributed by atoms with E-state index in [0.29, 0.717) is 6.04 Å². The maximum Gasteiger partial charge on any atom is 0.0184 e. The molecule has 1 fully saturated rings. The molecule has 1 aliphatic rings. The zero-order valence-electron chi connectivity index (χ0n) is 9.63. The van der Waals surface area contributed by atoms with Crippen LogP contribution in [0.3, 0.4) is 0 Å². The molecule has 0 aromatic heterocycles. The molecule has 1 rings (SSSR count). The van der Waals surface area contributed by atoms with Crippen LogP contribution in [-0.2, 0) is 0 Å². The molecule has 14 heavy (non-hydrogen) atoms. The van der Waals surface area contributed by atoms with E-state index in [4.69, 9.17) is 5.73 Å². The van der Waals surface area contributed by atoms with Gasteiger partial charge in [0.15, 0.2) is 0 Å². The van der Waals surface area contributed by atoms with Crippen LogP contribution in [0.4, 0.5) is 0 Å². The first kappa shape index (κ1) is 11.7. The summed E-state index contributed by atoms with van der Waals surface area (Å²) in [5, 5.41) is 0. The van der Waals surface area contributed by atoms with Gasteiger partial charge in [-0.2, -0.15) is 0 Å². The van der Waals surface area contributed by atoms with Crippen LogP contribution in [0.1, 0.15) is 32.6 Å². The van der Waals surface area contributed by atoms with E-state index in [1.54, 1.807) is 0 Å². The van der Waals surface area contributed by atoms with Crippen LogP contribution in [0.25, 0.3) is 0 Å². The second-order valence-electron chi connectivity index (χ2n) is 4.95. The molecule has 0 amide bonds. The molecule has 2 nitrogen and oxygen atoms in total. The minimum Gasteiger partial charge on any atom is -0.328 e. The van der Waals surface area contributed by atoms with Crippen LogP contribution in [0.2, 0.25) is 0 Å². The minimum absolute atomic E-state index is 0.451. The Kier molecular flexibility index (Phi) is 4.63. The second-order valence-corrected chi connectivity index (χ2v) is 4.95. The number of likely N-dealkylation sites (N-methyl/N-ethyl adjacent to an activating group) is 1. The fraction of sp³-hybridized carbons (Fsp3) is 0.833. The maximum absolute atomic E-state index is 5.97. The van der Waals surface area contributed by atoms with E-state index in [0.717, 1.165) is 12.5 Å². The van der Waals surface area contributed by atoms with Crippen molar-refractivity contribution in [2.75, 3.05) is 20.1 Å². The zero-order valence-corrected chi connectivity index (χ0v) is 9.63. The summed E-state index contributed by atoms with van der Waals surface area (Å²) in [5.74, 6) is 0.808. The molecular weight excluding hydrogens is 172 g/mol. The molecule has 0 heterocycles. The highest BCUT2D eigenvalue weighted by atomic mass is 15.1. The van der Waals surface area contributed by atoms with Gasteiger partial charge in [0, 0.05) is 19.1 Å². The largest absolute Gasteiger partial charge is 0.328 e. The highest BCUT2D eigenvalue weighted by Crippen LogP contribution is 2.23. The van der Waals surface area contributed by atoms with Gasteiger partial charge in [-0.25, -0.2) is 0 Å². The van der Waals surface area contributed by atoms with E-state index in [1.807, 2.05) is 0 Å². The molecule has 2 heteroatoms. The SMILES string of the molecule is C=C(C)CN(C)CC1CCCC(N)C1. The van der Waals surface area contributed by atoms with Crippen LogP contribution in [-0.4, -0.2) is 31.1 Å². The molecule has 0 radical (unpaired) electrons.